The smallest absolute Gasteiger partial charge is 0.0208 e. The van der Waals surface area contributed by atoms with Crippen LogP contribution in [-0.4, -0.2) is 6.04 Å². The topological polar surface area (TPSA) is 12.0 Å². The maximum Gasteiger partial charge on any atom is 0.0208 e. The highest BCUT2D eigenvalue weighted by Crippen LogP contribution is 2.65. The van der Waals surface area contributed by atoms with Crippen molar-refractivity contribution in [2.75, 3.05) is 0 Å². The molecule has 0 saturated heterocycles. The number of rotatable bonds is 3. The highest BCUT2D eigenvalue weighted by molar-refractivity contribution is 5.30. The zero-order valence-corrected chi connectivity index (χ0v) is 13.7. The molecule has 0 aromatic heterocycles. The van der Waals surface area contributed by atoms with Crippen molar-refractivity contribution < 1.29 is 0 Å². The van der Waals surface area contributed by atoms with Crippen molar-refractivity contribution in [3.8, 4) is 0 Å². The Kier molecular flexibility index (Phi) is 3.25. The summed E-state index contributed by atoms with van der Waals surface area (Å²) in [6.07, 6.45) is 4.20. The van der Waals surface area contributed by atoms with Gasteiger partial charge in [0.2, 0.25) is 0 Å². The van der Waals surface area contributed by atoms with Crippen molar-refractivity contribution in [2.24, 2.45) is 16.7 Å². The Labute approximate surface area is 124 Å². The summed E-state index contributed by atoms with van der Waals surface area (Å²) in [5.41, 5.74) is 5.22. The Bertz CT molecular complexity index is 516. The highest BCUT2D eigenvalue weighted by Gasteiger charge is 2.60. The van der Waals surface area contributed by atoms with Gasteiger partial charge in [-0.2, -0.15) is 0 Å². The molecule has 20 heavy (non-hydrogen) atoms. The van der Waals surface area contributed by atoms with Gasteiger partial charge in [-0.1, -0.05) is 39.0 Å². The van der Waals surface area contributed by atoms with Crippen LogP contribution < -0.4 is 5.32 Å². The lowest BCUT2D eigenvalue weighted by atomic mass is 9.69. The van der Waals surface area contributed by atoms with E-state index in [-0.39, 0.29) is 0 Å². The Balaban J connectivity index is 1.69. The van der Waals surface area contributed by atoms with Crippen LogP contribution in [0.15, 0.2) is 18.2 Å². The fraction of sp³-hybridized carbons (Fsp3) is 0.684. The van der Waals surface area contributed by atoms with Crippen LogP contribution in [0.3, 0.4) is 0 Å². The van der Waals surface area contributed by atoms with Gasteiger partial charge < -0.3 is 5.32 Å². The standard InChI is InChI=1S/C19H29N/c1-13-6-7-15(10-14(13)2)12-20-17-11-16-8-9-19(17,5)18(16,3)4/h6-7,10,16-17,20H,8-9,11-12H2,1-5H3. The van der Waals surface area contributed by atoms with E-state index in [0.717, 1.165) is 12.5 Å². The van der Waals surface area contributed by atoms with Crippen LogP contribution >= 0.6 is 0 Å². The second kappa shape index (κ2) is 4.59. The van der Waals surface area contributed by atoms with Crippen molar-refractivity contribution in [1.29, 1.82) is 0 Å². The Morgan fingerprint density at radius 3 is 2.45 bits per heavy atom. The summed E-state index contributed by atoms with van der Waals surface area (Å²) >= 11 is 0. The van der Waals surface area contributed by atoms with Gasteiger partial charge in [-0.25, -0.2) is 0 Å². The predicted octanol–water partition coefficient (Wildman–Crippen LogP) is 4.61. The van der Waals surface area contributed by atoms with E-state index in [1.165, 1.54) is 36.0 Å². The normalized spacial score (nSPS) is 34.6. The van der Waals surface area contributed by atoms with Gasteiger partial charge in [0.25, 0.3) is 0 Å². The SMILES string of the molecule is Cc1ccc(CNC2CC3CCC2(C)C3(C)C)cc1C. The molecule has 2 aliphatic rings. The highest BCUT2D eigenvalue weighted by atomic mass is 15.0. The number of benzene rings is 1. The average Bonchev–Trinajstić information content (AvgIpc) is 2.73. The number of hydrogen-bond acceptors (Lipinski definition) is 1. The first-order valence-electron chi connectivity index (χ1n) is 8.14. The number of hydrogen-bond donors (Lipinski definition) is 1. The third kappa shape index (κ3) is 1.94. The van der Waals surface area contributed by atoms with Crippen LogP contribution in [0.1, 0.15) is 56.7 Å². The third-order valence-electron chi connectivity index (χ3n) is 6.92. The second-order valence-corrected chi connectivity index (χ2v) is 7.96. The molecule has 3 atom stereocenters. The molecule has 0 amide bonds. The monoisotopic (exact) mass is 271 g/mol. The van der Waals surface area contributed by atoms with Gasteiger partial charge in [0.15, 0.2) is 0 Å². The molecule has 2 bridgehead atoms. The molecule has 110 valence electrons. The first-order chi connectivity index (χ1) is 9.34. The third-order valence-corrected chi connectivity index (χ3v) is 6.92. The van der Waals surface area contributed by atoms with Crippen LogP contribution in [0, 0.1) is 30.6 Å². The second-order valence-electron chi connectivity index (χ2n) is 7.96. The van der Waals surface area contributed by atoms with Gasteiger partial charge in [-0.3, -0.25) is 0 Å². The minimum absolute atomic E-state index is 0.484. The molecule has 0 aliphatic heterocycles. The molecular weight excluding hydrogens is 242 g/mol. The lowest BCUT2D eigenvalue weighted by molar-refractivity contribution is 0.120. The molecule has 1 aromatic rings. The van der Waals surface area contributed by atoms with E-state index >= 15 is 0 Å². The van der Waals surface area contributed by atoms with Gasteiger partial charge in [-0.05, 0) is 66.5 Å². The summed E-state index contributed by atoms with van der Waals surface area (Å²) < 4.78 is 0. The molecule has 2 fully saturated rings. The molecule has 0 spiro atoms. The van der Waals surface area contributed by atoms with Crippen LogP contribution in [-0.2, 0) is 6.54 Å². The van der Waals surface area contributed by atoms with Gasteiger partial charge in [0.1, 0.15) is 0 Å². The van der Waals surface area contributed by atoms with E-state index in [9.17, 15) is 0 Å². The van der Waals surface area contributed by atoms with Crippen molar-refractivity contribution in [3.05, 3.63) is 34.9 Å². The maximum absolute atomic E-state index is 3.87. The van der Waals surface area contributed by atoms with Crippen LogP contribution in [0.4, 0.5) is 0 Å². The number of nitrogens with one attached hydrogen (secondary N) is 1. The summed E-state index contributed by atoms with van der Waals surface area (Å²) in [4.78, 5) is 0. The van der Waals surface area contributed by atoms with Gasteiger partial charge in [0.05, 0.1) is 0 Å². The maximum atomic E-state index is 3.87. The predicted molar refractivity (Wildman–Crippen MR) is 85.8 cm³/mol. The van der Waals surface area contributed by atoms with E-state index in [1.54, 1.807) is 0 Å². The average molecular weight is 271 g/mol. The van der Waals surface area contributed by atoms with E-state index < -0.39 is 0 Å². The van der Waals surface area contributed by atoms with Crippen LogP contribution in [0.5, 0.6) is 0 Å². The van der Waals surface area contributed by atoms with Gasteiger partial charge in [0, 0.05) is 12.6 Å². The molecule has 1 aromatic carbocycles. The minimum atomic E-state index is 0.484. The lowest BCUT2D eigenvalue weighted by Crippen LogP contribution is -2.44. The Morgan fingerprint density at radius 1 is 1.15 bits per heavy atom. The quantitative estimate of drug-likeness (QED) is 0.846. The molecule has 0 heterocycles. The van der Waals surface area contributed by atoms with E-state index in [1.807, 2.05) is 0 Å². The van der Waals surface area contributed by atoms with Crippen molar-refractivity contribution in [3.63, 3.8) is 0 Å². The molecule has 1 nitrogen and oxygen atoms in total. The number of fused-ring (bicyclic) bond motifs is 2. The zero-order chi connectivity index (χ0) is 14.5. The fourth-order valence-corrected chi connectivity index (χ4v) is 4.67. The molecule has 2 saturated carbocycles. The molecule has 1 heteroatoms. The summed E-state index contributed by atoms with van der Waals surface area (Å²) in [7, 11) is 0. The summed E-state index contributed by atoms with van der Waals surface area (Å²) in [5.74, 6) is 0.921. The minimum Gasteiger partial charge on any atom is -0.309 e. The molecule has 2 aliphatic carbocycles. The van der Waals surface area contributed by atoms with Crippen molar-refractivity contribution >= 4 is 0 Å². The Morgan fingerprint density at radius 2 is 1.90 bits per heavy atom. The van der Waals surface area contributed by atoms with E-state index in [2.05, 4.69) is 58.1 Å². The number of aryl methyl sites for hydroxylation is 2. The fourth-order valence-electron chi connectivity index (χ4n) is 4.67. The molecule has 1 N–H and O–H groups in total. The molecular formula is C19H29N. The van der Waals surface area contributed by atoms with Crippen LogP contribution in [0.25, 0.3) is 0 Å². The Hall–Kier alpha value is -0.820. The largest absolute Gasteiger partial charge is 0.309 e. The summed E-state index contributed by atoms with van der Waals surface area (Å²) in [6.45, 7) is 12.9. The molecule has 0 radical (unpaired) electrons. The summed E-state index contributed by atoms with van der Waals surface area (Å²) in [5, 5.41) is 3.87. The molecule has 3 unspecified atom stereocenters. The molecule has 3 rings (SSSR count). The van der Waals surface area contributed by atoms with Crippen LogP contribution in [0.2, 0.25) is 0 Å². The summed E-state index contributed by atoms with van der Waals surface area (Å²) in [6, 6.07) is 7.55. The zero-order valence-electron chi connectivity index (χ0n) is 13.7. The van der Waals surface area contributed by atoms with E-state index in [4.69, 9.17) is 0 Å². The van der Waals surface area contributed by atoms with Crippen molar-refractivity contribution in [2.45, 2.75) is 66.5 Å². The van der Waals surface area contributed by atoms with Crippen molar-refractivity contribution in [1.82, 2.24) is 5.32 Å². The first-order valence-corrected chi connectivity index (χ1v) is 8.14. The van der Waals surface area contributed by atoms with Gasteiger partial charge in [-0.15, -0.1) is 0 Å². The first kappa shape index (κ1) is 14.1. The lowest BCUT2D eigenvalue weighted by Gasteiger charge is -2.39. The van der Waals surface area contributed by atoms with E-state index in [0.29, 0.717) is 16.9 Å². The van der Waals surface area contributed by atoms with Gasteiger partial charge >= 0.3 is 0 Å².